The van der Waals surface area contributed by atoms with Gasteiger partial charge in [-0.1, -0.05) is 29.8 Å². The normalized spacial score (nSPS) is 11.6. The number of H-pyrrole nitrogens is 2. The fraction of sp³-hybridized carbons (Fsp3) is 0.125. The minimum atomic E-state index is -0.382. The first-order chi connectivity index (χ1) is 11.1. The number of aromatic amines is 2. The topological polar surface area (TPSA) is 108 Å². The van der Waals surface area contributed by atoms with Crippen LogP contribution in [-0.4, -0.2) is 36.3 Å². The van der Waals surface area contributed by atoms with E-state index in [0.29, 0.717) is 12.1 Å². The number of hydrogen-bond acceptors (Lipinski definition) is 5. The first-order valence-electron chi connectivity index (χ1n) is 7.02. The highest BCUT2D eigenvalue weighted by molar-refractivity contribution is 6.07. The highest BCUT2D eigenvalue weighted by Gasteiger charge is 2.15. The zero-order chi connectivity index (χ0) is 16.2. The standard InChI is InChI=1S/C16H15N5O2/c1-10-2-4-11(5-3-10)6-12-8-18-20-15(12)13(22)7-14(23)16-17-9-19-21-16/h2-5,7-9,23H,6H2,1H3,(H,18,20)(H,17,19,21). The van der Waals surface area contributed by atoms with Crippen LogP contribution in [0.3, 0.4) is 0 Å². The summed E-state index contributed by atoms with van der Waals surface area (Å²) < 4.78 is 0. The van der Waals surface area contributed by atoms with Gasteiger partial charge in [-0.2, -0.15) is 10.2 Å². The maximum absolute atomic E-state index is 12.3. The van der Waals surface area contributed by atoms with Crippen molar-refractivity contribution >= 4 is 11.5 Å². The number of rotatable bonds is 5. The van der Waals surface area contributed by atoms with Crippen LogP contribution in [0.2, 0.25) is 0 Å². The van der Waals surface area contributed by atoms with E-state index in [2.05, 4.69) is 25.4 Å². The van der Waals surface area contributed by atoms with Gasteiger partial charge in [-0.15, -0.1) is 0 Å². The fourth-order valence-electron chi connectivity index (χ4n) is 2.18. The molecule has 0 spiro atoms. The molecule has 0 bridgehead atoms. The van der Waals surface area contributed by atoms with E-state index < -0.39 is 0 Å². The van der Waals surface area contributed by atoms with Crippen molar-refractivity contribution in [1.29, 1.82) is 0 Å². The van der Waals surface area contributed by atoms with Gasteiger partial charge in [0.15, 0.2) is 5.76 Å². The number of aliphatic hydroxyl groups is 1. The molecule has 3 rings (SSSR count). The Bertz CT molecular complexity index is 832. The smallest absolute Gasteiger partial charge is 0.215 e. The molecule has 0 saturated heterocycles. The summed E-state index contributed by atoms with van der Waals surface area (Å²) >= 11 is 0. The van der Waals surface area contributed by atoms with Crippen LogP contribution in [0.1, 0.15) is 33.0 Å². The number of allylic oxidation sites excluding steroid dienone is 1. The Labute approximate surface area is 132 Å². The van der Waals surface area contributed by atoms with Crippen molar-refractivity contribution in [3.05, 3.63) is 71.1 Å². The Morgan fingerprint density at radius 1 is 1.30 bits per heavy atom. The molecule has 0 aliphatic heterocycles. The van der Waals surface area contributed by atoms with Crippen molar-refractivity contribution < 1.29 is 9.90 Å². The van der Waals surface area contributed by atoms with Crippen LogP contribution in [0.25, 0.3) is 5.76 Å². The highest BCUT2D eigenvalue weighted by Crippen LogP contribution is 2.15. The molecule has 0 unspecified atom stereocenters. The number of aromatic nitrogens is 5. The number of carbonyl (C=O) groups is 1. The number of aliphatic hydroxyl groups excluding tert-OH is 1. The first kappa shape index (κ1) is 14.7. The number of benzene rings is 1. The van der Waals surface area contributed by atoms with Crippen LogP contribution >= 0.6 is 0 Å². The predicted octanol–water partition coefficient (Wildman–Crippen LogP) is 2.21. The molecule has 116 valence electrons. The van der Waals surface area contributed by atoms with Crippen molar-refractivity contribution in [3.8, 4) is 0 Å². The molecule has 0 aliphatic carbocycles. The lowest BCUT2D eigenvalue weighted by atomic mass is 10.0. The quantitative estimate of drug-likeness (QED) is 0.380. The summed E-state index contributed by atoms with van der Waals surface area (Å²) in [7, 11) is 0. The lowest BCUT2D eigenvalue weighted by Gasteiger charge is -2.02. The zero-order valence-electron chi connectivity index (χ0n) is 12.4. The number of nitrogens with zero attached hydrogens (tertiary/aromatic N) is 3. The van der Waals surface area contributed by atoms with E-state index in [9.17, 15) is 9.90 Å². The second kappa shape index (κ2) is 6.27. The maximum atomic E-state index is 12.3. The van der Waals surface area contributed by atoms with Crippen molar-refractivity contribution in [2.24, 2.45) is 0 Å². The zero-order valence-corrected chi connectivity index (χ0v) is 12.4. The summed E-state index contributed by atoms with van der Waals surface area (Å²) in [4.78, 5) is 16.1. The van der Waals surface area contributed by atoms with Gasteiger partial charge in [-0.3, -0.25) is 15.0 Å². The largest absolute Gasteiger partial charge is 0.504 e. The molecular weight excluding hydrogens is 294 g/mol. The van der Waals surface area contributed by atoms with Gasteiger partial charge in [-0.05, 0) is 12.5 Å². The third-order valence-electron chi connectivity index (χ3n) is 3.39. The molecule has 7 nitrogen and oxygen atoms in total. The average Bonchev–Trinajstić information content (AvgIpc) is 3.20. The number of hydrogen-bond donors (Lipinski definition) is 3. The van der Waals surface area contributed by atoms with Crippen LogP contribution in [-0.2, 0) is 6.42 Å². The van der Waals surface area contributed by atoms with Crippen molar-refractivity contribution in [2.45, 2.75) is 13.3 Å². The summed E-state index contributed by atoms with van der Waals surface area (Å²) in [6.07, 6.45) is 4.59. The van der Waals surface area contributed by atoms with E-state index in [1.54, 1.807) is 6.20 Å². The average molecular weight is 309 g/mol. The minimum absolute atomic E-state index is 0.0675. The molecule has 2 aromatic heterocycles. The lowest BCUT2D eigenvalue weighted by molar-refractivity contribution is 0.104. The van der Waals surface area contributed by atoms with Gasteiger partial charge in [0.05, 0.1) is 6.20 Å². The minimum Gasteiger partial charge on any atom is -0.504 e. The molecule has 0 radical (unpaired) electrons. The van der Waals surface area contributed by atoms with E-state index in [-0.39, 0.29) is 17.4 Å². The number of carbonyl (C=O) groups excluding carboxylic acids is 1. The Morgan fingerprint density at radius 2 is 2.09 bits per heavy atom. The molecular formula is C16H15N5O2. The van der Waals surface area contributed by atoms with Gasteiger partial charge in [-0.25, -0.2) is 4.98 Å². The molecule has 1 aromatic carbocycles. The lowest BCUT2D eigenvalue weighted by Crippen LogP contribution is -2.02. The molecule has 0 saturated carbocycles. The molecule has 2 heterocycles. The summed E-state index contributed by atoms with van der Waals surface area (Å²) in [6, 6.07) is 8.06. The Hall–Kier alpha value is -3.22. The van der Waals surface area contributed by atoms with Gasteiger partial charge in [0, 0.05) is 18.1 Å². The monoisotopic (exact) mass is 309 g/mol. The number of ketones is 1. The Balaban J connectivity index is 1.81. The summed E-state index contributed by atoms with van der Waals surface area (Å²) in [5, 5.41) is 22.7. The van der Waals surface area contributed by atoms with Crippen molar-refractivity contribution in [3.63, 3.8) is 0 Å². The highest BCUT2D eigenvalue weighted by atomic mass is 16.3. The third-order valence-corrected chi connectivity index (χ3v) is 3.39. The van der Waals surface area contributed by atoms with Crippen LogP contribution in [0.4, 0.5) is 0 Å². The molecule has 0 atom stereocenters. The molecule has 0 fully saturated rings. The Morgan fingerprint density at radius 3 is 2.78 bits per heavy atom. The van der Waals surface area contributed by atoms with Gasteiger partial charge in [0.25, 0.3) is 0 Å². The number of nitrogens with one attached hydrogen (secondary N) is 2. The Kier molecular flexibility index (Phi) is 4.01. The van der Waals surface area contributed by atoms with E-state index in [1.807, 2.05) is 31.2 Å². The molecule has 7 heteroatoms. The first-order valence-corrected chi connectivity index (χ1v) is 7.02. The molecule has 3 N–H and O–H groups in total. The van der Waals surface area contributed by atoms with Crippen molar-refractivity contribution in [2.75, 3.05) is 0 Å². The van der Waals surface area contributed by atoms with E-state index in [1.165, 1.54) is 11.9 Å². The third kappa shape index (κ3) is 3.34. The second-order valence-corrected chi connectivity index (χ2v) is 5.15. The van der Waals surface area contributed by atoms with Crippen LogP contribution in [0.5, 0.6) is 0 Å². The summed E-state index contributed by atoms with van der Waals surface area (Å²) in [5.41, 5.74) is 3.36. The van der Waals surface area contributed by atoms with Gasteiger partial charge >= 0.3 is 0 Å². The maximum Gasteiger partial charge on any atom is 0.215 e. The van der Waals surface area contributed by atoms with Gasteiger partial charge in [0.1, 0.15) is 12.0 Å². The molecule has 23 heavy (non-hydrogen) atoms. The summed E-state index contributed by atoms with van der Waals surface area (Å²) in [5.74, 6) is -0.614. The van der Waals surface area contributed by atoms with E-state index in [0.717, 1.165) is 17.2 Å². The molecule has 3 aromatic rings. The number of aryl methyl sites for hydroxylation is 1. The van der Waals surface area contributed by atoms with Crippen LogP contribution < -0.4 is 0 Å². The fourth-order valence-corrected chi connectivity index (χ4v) is 2.18. The molecule has 0 aliphatic rings. The molecule has 0 amide bonds. The van der Waals surface area contributed by atoms with Crippen LogP contribution in [0, 0.1) is 6.92 Å². The van der Waals surface area contributed by atoms with Crippen molar-refractivity contribution in [1.82, 2.24) is 25.4 Å². The van der Waals surface area contributed by atoms with E-state index >= 15 is 0 Å². The van der Waals surface area contributed by atoms with Gasteiger partial charge < -0.3 is 5.11 Å². The SMILES string of the molecule is Cc1ccc(Cc2cn[nH]c2C(=O)C=C(O)c2nc[nH]n2)cc1. The second-order valence-electron chi connectivity index (χ2n) is 5.15. The van der Waals surface area contributed by atoms with Gasteiger partial charge in [0.2, 0.25) is 11.6 Å². The van der Waals surface area contributed by atoms with E-state index in [4.69, 9.17) is 0 Å². The predicted molar refractivity (Wildman–Crippen MR) is 83.9 cm³/mol. The van der Waals surface area contributed by atoms with Crippen LogP contribution in [0.15, 0.2) is 42.9 Å². The summed E-state index contributed by atoms with van der Waals surface area (Å²) in [6.45, 7) is 2.02.